The summed E-state index contributed by atoms with van der Waals surface area (Å²) >= 11 is 0. The summed E-state index contributed by atoms with van der Waals surface area (Å²) in [5.74, 6) is -1.19. The zero-order valence-electron chi connectivity index (χ0n) is 14.2. The molecule has 3 aromatic rings. The molecule has 9 heteroatoms. The van der Waals surface area contributed by atoms with Crippen LogP contribution >= 0.6 is 0 Å². The minimum absolute atomic E-state index is 0.00995. The van der Waals surface area contributed by atoms with Gasteiger partial charge in [-0.1, -0.05) is 12.1 Å². The molecule has 3 rings (SSSR count). The van der Waals surface area contributed by atoms with Crippen molar-refractivity contribution in [2.75, 3.05) is 5.32 Å². The molecule has 0 saturated carbocycles. The van der Waals surface area contributed by atoms with E-state index < -0.39 is 29.5 Å². The van der Waals surface area contributed by atoms with Crippen molar-refractivity contribution in [1.29, 1.82) is 0 Å². The Morgan fingerprint density at radius 1 is 1.30 bits per heavy atom. The Labute approximate surface area is 151 Å². The summed E-state index contributed by atoms with van der Waals surface area (Å²) in [5, 5.41) is 2.92. The molecule has 1 atom stereocenters. The summed E-state index contributed by atoms with van der Waals surface area (Å²) in [6.07, 6.45) is -4.63. The van der Waals surface area contributed by atoms with Crippen molar-refractivity contribution in [1.82, 2.24) is 9.97 Å². The molecule has 0 aliphatic carbocycles. The lowest BCUT2D eigenvalue weighted by atomic mass is 10.0. The number of carbonyl (C=O) groups is 1. The number of alkyl halides is 3. The molecule has 0 saturated heterocycles. The molecule has 2 aromatic carbocycles. The van der Waals surface area contributed by atoms with Crippen molar-refractivity contribution >= 4 is 22.9 Å². The smallest absolute Gasteiger partial charge is 0.369 e. The highest BCUT2D eigenvalue weighted by Crippen LogP contribution is 2.32. The highest BCUT2D eigenvalue weighted by molar-refractivity contribution is 5.86. The molecule has 0 aliphatic rings. The lowest BCUT2D eigenvalue weighted by Gasteiger charge is -2.16. The number of H-pyrrole nitrogens is 1. The molecular weight excluding hydrogens is 364 g/mol. The van der Waals surface area contributed by atoms with Gasteiger partial charge in [-0.15, -0.1) is 0 Å². The van der Waals surface area contributed by atoms with E-state index in [-0.39, 0.29) is 17.9 Å². The second kappa shape index (κ2) is 6.90. The van der Waals surface area contributed by atoms with Crippen LogP contribution in [0.4, 0.5) is 23.5 Å². The van der Waals surface area contributed by atoms with Gasteiger partial charge in [-0.2, -0.15) is 13.2 Å². The van der Waals surface area contributed by atoms with Crippen LogP contribution in [0.2, 0.25) is 0 Å². The van der Waals surface area contributed by atoms with E-state index in [4.69, 9.17) is 5.73 Å². The van der Waals surface area contributed by atoms with Crippen LogP contribution in [-0.4, -0.2) is 15.9 Å². The second-order valence-corrected chi connectivity index (χ2v) is 6.18. The van der Waals surface area contributed by atoms with E-state index in [0.717, 1.165) is 12.1 Å². The molecule has 1 heterocycles. The van der Waals surface area contributed by atoms with Crippen molar-refractivity contribution in [2.45, 2.75) is 25.6 Å². The number of nitrogens with two attached hydrogens (primary N) is 1. The highest BCUT2D eigenvalue weighted by Gasteiger charge is 2.31. The summed E-state index contributed by atoms with van der Waals surface area (Å²) in [5.41, 5.74) is 6.09. The van der Waals surface area contributed by atoms with Gasteiger partial charge in [0.15, 0.2) is 0 Å². The number of aromatic nitrogens is 2. The largest absolute Gasteiger partial charge is 0.416 e. The van der Waals surface area contributed by atoms with Crippen LogP contribution in [0.1, 0.15) is 29.7 Å². The van der Waals surface area contributed by atoms with E-state index in [1.807, 2.05) is 0 Å². The Bertz CT molecular complexity index is 997. The van der Waals surface area contributed by atoms with Gasteiger partial charge in [-0.05, 0) is 42.3 Å². The lowest BCUT2D eigenvalue weighted by Crippen LogP contribution is -2.13. The van der Waals surface area contributed by atoms with Crippen LogP contribution in [0.15, 0.2) is 36.4 Å². The molecule has 4 N–H and O–H groups in total. The first kappa shape index (κ1) is 18.7. The van der Waals surface area contributed by atoms with Crippen molar-refractivity contribution in [3.05, 3.63) is 58.9 Å². The number of halogens is 4. The number of aromatic amines is 1. The quantitative estimate of drug-likeness (QED) is 0.587. The minimum Gasteiger partial charge on any atom is -0.369 e. The van der Waals surface area contributed by atoms with Gasteiger partial charge in [0.25, 0.3) is 0 Å². The van der Waals surface area contributed by atoms with E-state index in [1.165, 1.54) is 0 Å². The number of rotatable bonds is 5. The summed E-state index contributed by atoms with van der Waals surface area (Å²) in [6.45, 7) is 1.59. The Morgan fingerprint density at radius 2 is 2.04 bits per heavy atom. The Balaban J connectivity index is 1.89. The number of benzene rings is 2. The molecule has 0 spiro atoms. The van der Waals surface area contributed by atoms with Gasteiger partial charge in [0.2, 0.25) is 11.9 Å². The molecule has 27 heavy (non-hydrogen) atoms. The minimum atomic E-state index is -4.64. The summed E-state index contributed by atoms with van der Waals surface area (Å²) < 4.78 is 52.3. The highest BCUT2D eigenvalue weighted by atomic mass is 19.4. The monoisotopic (exact) mass is 380 g/mol. The Kier molecular flexibility index (Phi) is 4.77. The molecule has 1 amide bonds. The predicted molar refractivity (Wildman–Crippen MR) is 92.4 cm³/mol. The first-order valence-corrected chi connectivity index (χ1v) is 8.03. The van der Waals surface area contributed by atoms with E-state index in [9.17, 15) is 22.4 Å². The van der Waals surface area contributed by atoms with Crippen molar-refractivity contribution in [3.63, 3.8) is 0 Å². The van der Waals surface area contributed by atoms with Gasteiger partial charge in [0.1, 0.15) is 5.82 Å². The molecule has 0 aliphatic heterocycles. The molecule has 5 nitrogen and oxygen atoms in total. The molecule has 0 radical (unpaired) electrons. The number of nitrogens with one attached hydrogen (secondary N) is 2. The normalized spacial score (nSPS) is 12.9. The third-order valence-corrected chi connectivity index (χ3v) is 4.06. The van der Waals surface area contributed by atoms with Crippen LogP contribution in [0.25, 0.3) is 11.0 Å². The fourth-order valence-corrected chi connectivity index (χ4v) is 2.80. The van der Waals surface area contributed by atoms with E-state index in [1.54, 1.807) is 25.1 Å². The van der Waals surface area contributed by atoms with Crippen LogP contribution in [-0.2, 0) is 17.4 Å². The Hall–Kier alpha value is -3.10. The average Bonchev–Trinajstić information content (AvgIpc) is 2.96. The van der Waals surface area contributed by atoms with E-state index in [2.05, 4.69) is 15.3 Å². The number of amides is 1. The van der Waals surface area contributed by atoms with Gasteiger partial charge >= 0.3 is 6.18 Å². The summed E-state index contributed by atoms with van der Waals surface area (Å²) in [4.78, 5) is 18.5. The van der Waals surface area contributed by atoms with Gasteiger partial charge in [0, 0.05) is 0 Å². The van der Waals surface area contributed by atoms with Gasteiger partial charge in [-0.25, -0.2) is 9.37 Å². The number of hydrogen-bond acceptors (Lipinski definition) is 3. The number of carbonyl (C=O) groups excluding carboxylic acids is 1. The topological polar surface area (TPSA) is 83.8 Å². The molecule has 142 valence electrons. The maximum atomic E-state index is 13.6. The van der Waals surface area contributed by atoms with Crippen LogP contribution < -0.4 is 11.1 Å². The first-order valence-electron chi connectivity index (χ1n) is 8.03. The Morgan fingerprint density at radius 3 is 2.70 bits per heavy atom. The average molecular weight is 380 g/mol. The number of para-hydroxylation sites is 1. The van der Waals surface area contributed by atoms with Crippen LogP contribution in [0, 0.1) is 5.82 Å². The third-order valence-electron chi connectivity index (χ3n) is 4.06. The summed E-state index contributed by atoms with van der Waals surface area (Å²) in [7, 11) is 0. The van der Waals surface area contributed by atoms with Crippen molar-refractivity contribution in [3.8, 4) is 0 Å². The maximum absolute atomic E-state index is 13.6. The fourth-order valence-electron chi connectivity index (χ4n) is 2.80. The third kappa shape index (κ3) is 4.18. The molecule has 0 bridgehead atoms. The number of hydrogen-bond donors (Lipinski definition) is 3. The second-order valence-electron chi connectivity index (χ2n) is 6.18. The number of anilines is 1. The molecule has 0 fully saturated rings. The van der Waals surface area contributed by atoms with Crippen molar-refractivity contribution < 1.29 is 22.4 Å². The van der Waals surface area contributed by atoms with Crippen molar-refractivity contribution in [2.24, 2.45) is 5.73 Å². The predicted octanol–water partition coefficient (Wildman–Crippen LogP) is 3.92. The zero-order chi connectivity index (χ0) is 19.8. The van der Waals surface area contributed by atoms with Gasteiger partial charge in [-0.3, -0.25) is 4.79 Å². The lowest BCUT2D eigenvalue weighted by molar-refractivity contribution is -0.137. The molecule has 0 unspecified atom stereocenters. The van der Waals surface area contributed by atoms with Crippen LogP contribution in [0.3, 0.4) is 0 Å². The standard InChI is InChI=1S/C18H16F4N4O/c1-9(11-5-12(18(20,21)22)8-13(19)6-11)24-17-25-14-4-2-3-10(7-15(23)27)16(14)26-17/h2-6,8-9H,7H2,1H3,(H2,23,27)(H2,24,25,26)/t9-/m0/s1. The van der Waals surface area contributed by atoms with E-state index in [0.29, 0.717) is 22.7 Å². The zero-order valence-corrected chi connectivity index (χ0v) is 14.2. The first-order chi connectivity index (χ1) is 12.6. The molecular formula is C18H16F4N4O. The number of primary amides is 1. The summed E-state index contributed by atoms with van der Waals surface area (Å²) in [6, 6.07) is 6.91. The molecule has 1 aromatic heterocycles. The van der Waals surface area contributed by atoms with Gasteiger partial charge < -0.3 is 16.0 Å². The maximum Gasteiger partial charge on any atom is 0.416 e. The van der Waals surface area contributed by atoms with Gasteiger partial charge in [0.05, 0.1) is 29.1 Å². The number of nitrogens with zero attached hydrogens (tertiary/aromatic N) is 1. The number of imidazole rings is 1. The fraction of sp³-hybridized carbons (Fsp3) is 0.222. The van der Waals surface area contributed by atoms with E-state index >= 15 is 0 Å². The SMILES string of the molecule is C[C@H](Nc1nc2c(CC(N)=O)cccc2[nH]1)c1cc(F)cc(C(F)(F)F)c1. The number of fused-ring (bicyclic) bond motifs is 1. The van der Waals surface area contributed by atoms with Crippen LogP contribution in [0.5, 0.6) is 0 Å².